The van der Waals surface area contributed by atoms with Crippen LogP contribution in [0.1, 0.15) is 27.9 Å². The number of anilines is 2. The molecular formula is C29H26N2O3S2. The van der Waals surface area contributed by atoms with Crippen molar-refractivity contribution >= 4 is 39.1 Å². The Morgan fingerprint density at radius 1 is 0.889 bits per heavy atom. The van der Waals surface area contributed by atoms with Crippen LogP contribution in [0.4, 0.5) is 11.4 Å². The van der Waals surface area contributed by atoms with Crippen molar-refractivity contribution in [2.24, 2.45) is 0 Å². The molecule has 1 heterocycles. The molecule has 1 aliphatic rings. The number of amides is 1. The first kappa shape index (κ1) is 24.2. The molecule has 7 heteroatoms. The summed E-state index contributed by atoms with van der Waals surface area (Å²) in [7, 11) is -3.82. The number of benzene rings is 4. The summed E-state index contributed by atoms with van der Waals surface area (Å²) >= 11 is 1.50. The highest BCUT2D eigenvalue weighted by Gasteiger charge is 2.26. The summed E-state index contributed by atoms with van der Waals surface area (Å²) in [5.74, 6) is -0.0726. The van der Waals surface area contributed by atoms with Crippen molar-refractivity contribution in [1.29, 1.82) is 0 Å². The first-order valence-electron chi connectivity index (χ1n) is 11.8. The molecule has 0 saturated carbocycles. The Morgan fingerprint density at radius 2 is 1.61 bits per heavy atom. The van der Waals surface area contributed by atoms with E-state index < -0.39 is 10.0 Å². The van der Waals surface area contributed by atoms with Crippen molar-refractivity contribution in [3.05, 3.63) is 114 Å². The molecular weight excluding hydrogens is 488 g/mol. The van der Waals surface area contributed by atoms with Gasteiger partial charge in [0, 0.05) is 27.6 Å². The van der Waals surface area contributed by atoms with Gasteiger partial charge in [0.15, 0.2) is 0 Å². The molecule has 0 aromatic heterocycles. The monoisotopic (exact) mass is 514 g/mol. The molecule has 4 aromatic carbocycles. The van der Waals surface area contributed by atoms with E-state index in [2.05, 4.69) is 4.72 Å². The van der Waals surface area contributed by atoms with E-state index in [4.69, 9.17) is 0 Å². The lowest BCUT2D eigenvalue weighted by Crippen LogP contribution is -2.35. The lowest BCUT2D eigenvalue weighted by molar-refractivity contribution is 0.0985. The van der Waals surface area contributed by atoms with Crippen LogP contribution in [0.15, 0.2) is 112 Å². The van der Waals surface area contributed by atoms with Crippen molar-refractivity contribution in [2.45, 2.75) is 34.5 Å². The molecule has 0 unspecified atom stereocenters. The summed E-state index contributed by atoms with van der Waals surface area (Å²) in [6, 6.07) is 29.7. The van der Waals surface area contributed by atoms with Crippen LogP contribution in [0.3, 0.4) is 0 Å². The first-order chi connectivity index (χ1) is 17.4. The van der Waals surface area contributed by atoms with Crippen LogP contribution in [0, 0.1) is 6.92 Å². The highest BCUT2D eigenvalue weighted by molar-refractivity contribution is 7.99. The maximum Gasteiger partial charge on any atom is 0.261 e. The number of aryl methyl sites for hydroxylation is 2. The normalized spacial score (nSPS) is 13.2. The van der Waals surface area contributed by atoms with E-state index >= 15 is 0 Å². The SMILES string of the molecule is Cc1ccc(C(=O)N2CCCc3cc(S(=O)(=O)Nc4ccccc4Sc4ccccc4)ccc32)cc1. The molecule has 1 N–H and O–H groups in total. The molecule has 0 spiro atoms. The Balaban J connectivity index is 1.40. The minimum absolute atomic E-state index is 0.0726. The second-order valence-corrected chi connectivity index (χ2v) is 11.5. The van der Waals surface area contributed by atoms with Crippen molar-refractivity contribution in [3.63, 3.8) is 0 Å². The van der Waals surface area contributed by atoms with Crippen LogP contribution in [0.25, 0.3) is 0 Å². The third-order valence-corrected chi connectivity index (χ3v) is 8.57. The minimum atomic E-state index is -3.82. The number of carbonyl (C=O) groups is 1. The van der Waals surface area contributed by atoms with Gasteiger partial charge in [-0.25, -0.2) is 8.42 Å². The second-order valence-electron chi connectivity index (χ2n) is 8.73. The van der Waals surface area contributed by atoms with Crippen LogP contribution in [-0.4, -0.2) is 20.9 Å². The van der Waals surface area contributed by atoms with Crippen molar-refractivity contribution < 1.29 is 13.2 Å². The number of carbonyl (C=O) groups excluding carboxylic acids is 1. The summed E-state index contributed by atoms with van der Waals surface area (Å²) in [5, 5.41) is 0. The number of sulfonamides is 1. The standard InChI is InChI=1S/C29H26N2O3S2/c1-21-13-15-22(16-14-21)29(32)31-19-7-8-23-20-25(17-18-27(23)31)36(33,34)30-26-11-5-6-12-28(26)35-24-9-3-2-4-10-24/h2-6,9-18,20,30H,7-8,19H2,1H3. The molecule has 0 fully saturated rings. The molecule has 0 aliphatic carbocycles. The fourth-order valence-corrected chi connectivity index (χ4v) is 6.38. The molecule has 36 heavy (non-hydrogen) atoms. The Hall–Kier alpha value is -3.55. The number of nitrogens with zero attached hydrogens (tertiary/aromatic N) is 1. The van der Waals surface area contributed by atoms with Crippen LogP contribution in [-0.2, 0) is 16.4 Å². The smallest absolute Gasteiger partial charge is 0.261 e. The average Bonchev–Trinajstić information content (AvgIpc) is 2.89. The van der Waals surface area contributed by atoms with Crippen LogP contribution in [0.5, 0.6) is 0 Å². The molecule has 1 amide bonds. The van der Waals surface area contributed by atoms with E-state index in [9.17, 15) is 13.2 Å². The van der Waals surface area contributed by atoms with Gasteiger partial charge in [-0.05, 0) is 79.9 Å². The zero-order chi connectivity index (χ0) is 25.1. The van der Waals surface area contributed by atoms with Gasteiger partial charge in [-0.15, -0.1) is 0 Å². The van der Waals surface area contributed by atoms with Gasteiger partial charge in [0.1, 0.15) is 0 Å². The van der Waals surface area contributed by atoms with Crippen LogP contribution in [0.2, 0.25) is 0 Å². The highest BCUT2D eigenvalue weighted by atomic mass is 32.2. The number of rotatable bonds is 6. The third-order valence-electron chi connectivity index (χ3n) is 6.13. The topological polar surface area (TPSA) is 66.5 Å². The van der Waals surface area contributed by atoms with Crippen molar-refractivity contribution in [1.82, 2.24) is 0 Å². The van der Waals surface area contributed by atoms with Crippen LogP contribution < -0.4 is 9.62 Å². The van der Waals surface area contributed by atoms with Gasteiger partial charge in [-0.2, -0.15) is 0 Å². The summed E-state index contributed by atoms with van der Waals surface area (Å²) in [6.45, 7) is 2.59. The second kappa shape index (κ2) is 10.2. The number of fused-ring (bicyclic) bond motifs is 1. The number of para-hydroxylation sites is 1. The van der Waals surface area contributed by atoms with E-state index in [0.29, 0.717) is 17.8 Å². The van der Waals surface area contributed by atoms with Gasteiger partial charge >= 0.3 is 0 Å². The Bertz CT molecular complexity index is 1500. The molecule has 0 saturated heterocycles. The lowest BCUT2D eigenvalue weighted by atomic mass is 10.0. The minimum Gasteiger partial charge on any atom is -0.308 e. The fourth-order valence-electron chi connectivity index (χ4n) is 4.26. The predicted octanol–water partition coefficient (Wildman–Crippen LogP) is 6.54. The molecule has 0 radical (unpaired) electrons. The van der Waals surface area contributed by atoms with E-state index in [1.807, 2.05) is 79.7 Å². The van der Waals surface area contributed by atoms with Crippen LogP contribution >= 0.6 is 11.8 Å². The molecule has 0 bridgehead atoms. The summed E-state index contributed by atoms with van der Waals surface area (Å²) < 4.78 is 29.5. The maximum atomic E-state index is 13.4. The molecule has 0 atom stereocenters. The molecule has 5 nitrogen and oxygen atoms in total. The van der Waals surface area contributed by atoms with E-state index in [-0.39, 0.29) is 10.8 Å². The molecule has 4 aromatic rings. The van der Waals surface area contributed by atoms with E-state index in [1.165, 1.54) is 11.8 Å². The lowest BCUT2D eigenvalue weighted by Gasteiger charge is -2.30. The Labute approximate surface area is 216 Å². The zero-order valence-electron chi connectivity index (χ0n) is 19.8. The largest absolute Gasteiger partial charge is 0.308 e. The number of hydrogen-bond donors (Lipinski definition) is 1. The Morgan fingerprint density at radius 3 is 2.39 bits per heavy atom. The van der Waals surface area contributed by atoms with Gasteiger partial charge in [0.25, 0.3) is 15.9 Å². The fraction of sp³-hybridized carbons (Fsp3) is 0.138. The predicted molar refractivity (Wildman–Crippen MR) is 145 cm³/mol. The van der Waals surface area contributed by atoms with Gasteiger partial charge in [-0.1, -0.05) is 59.8 Å². The van der Waals surface area contributed by atoms with Gasteiger partial charge in [0.2, 0.25) is 0 Å². The summed E-state index contributed by atoms with van der Waals surface area (Å²) in [6.07, 6.45) is 1.49. The number of hydrogen-bond acceptors (Lipinski definition) is 4. The maximum absolute atomic E-state index is 13.4. The van der Waals surface area contributed by atoms with Gasteiger partial charge in [0.05, 0.1) is 10.6 Å². The third kappa shape index (κ3) is 5.17. The summed E-state index contributed by atoms with van der Waals surface area (Å²) in [5.41, 5.74) is 3.87. The molecule has 182 valence electrons. The zero-order valence-corrected chi connectivity index (χ0v) is 21.5. The number of nitrogens with one attached hydrogen (secondary N) is 1. The average molecular weight is 515 g/mol. The van der Waals surface area contributed by atoms with Gasteiger partial charge < -0.3 is 4.90 Å². The highest BCUT2D eigenvalue weighted by Crippen LogP contribution is 2.35. The van der Waals surface area contributed by atoms with Crippen molar-refractivity contribution in [2.75, 3.05) is 16.2 Å². The quantitative estimate of drug-likeness (QED) is 0.317. The molecule has 5 rings (SSSR count). The summed E-state index contributed by atoms with van der Waals surface area (Å²) in [4.78, 5) is 17.0. The van der Waals surface area contributed by atoms with Gasteiger partial charge in [-0.3, -0.25) is 9.52 Å². The first-order valence-corrected chi connectivity index (χ1v) is 14.1. The van der Waals surface area contributed by atoms with Crippen molar-refractivity contribution in [3.8, 4) is 0 Å². The van der Waals surface area contributed by atoms with E-state index in [0.717, 1.165) is 39.4 Å². The van der Waals surface area contributed by atoms with E-state index in [1.54, 1.807) is 29.2 Å². The molecule has 1 aliphatic heterocycles. The Kier molecular flexibility index (Phi) is 6.85.